The monoisotopic (exact) mass is 465 g/mol. The highest BCUT2D eigenvalue weighted by Gasteiger charge is 2.24. The van der Waals surface area contributed by atoms with E-state index in [1.54, 1.807) is 36.5 Å². The number of ether oxygens (including phenoxy) is 1. The number of rotatable bonds is 5. The zero-order valence-electron chi connectivity index (χ0n) is 18.4. The van der Waals surface area contributed by atoms with Crippen molar-refractivity contribution in [2.45, 2.75) is 32.7 Å². The number of thiazole rings is 1. The number of fused-ring (bicyclic) bond motifs is 1. The van der Waals surface area contributed by atoms with Gasteiger partial charge in [0.1, 0.15) is 11.3 Å². The van der Waals surface area contributed by atoms with E-state index in [9.17, 15) is 4.79 Å². The van der Waals surface area contributed by atoms with Crippen molar-refractivity contribution in [3.05, 3.63) is 82.6 Å². The summed E-state index contributed by atoms with van der Waals surface area (Å²) in [6.45, 7) is 6.79. The summed E-state index contributed by atoms with van der Waals surface area (Å²) in [6.07, 6.45) is 3.47. The SMILES string of the molecule is COc1ccc(Cl)c2sc(N(Cc3cccnc3)C(=O)c3ccc(C(C)(C)C)cc3)nc12. The van der Waals surface area contributed by atoms with Gasteiger partial charge in [0.05, 0.1) is 23.4 Å². The predicted octanol–water partition coefficient (Wildman–Crippen LogP) is 6.50. The zero-order valence-corrected chi connectivity index (χ0v) is 20.0. The highest BCUT2D eigenvalue weighted by molar-refractivity contribution is 7.23. The maximum atomic E-state index is 13.6. The number of hydrogen-bond acceptors (Lipinski definition) is 5. The van der Waals surface area contributed by atoms with Crippen LogP contribution in [0.4, 0.5) is 5.13 Å². The molecule has 0 saturated carbocycles. The van der Waals surface area contributed by atoms with E-state index in [0.717, 1.165) is 10.3 Å². The van der Waals surface area contributed by atoms with Crippen LogP contribution in [-0.4, -0.2) is 23.0 Å². The number of aromatic nitrogens is 2. The second-order valence-electron chi connectivity index (χ2n) is 8.50. The third kappa shape index (κ3) is 4.47. The summed E-state index contributed by atoms with van der Waals surface area (Å²) in [6, 6.07) is 15.1. The normalized spacial score (nSPS) is 11.5. The molecule has 2 aromatic heterocycles. The van der Waals surface area contributed by atoms with Crippen LogP contribution in [0.5, 0.6) is 5.75 Å². The first-order valence-corrected chi connectivity index (χ1v) is 11.4. The summed E-state index contributed by atoms with van der Waals surface area (Å²) in [7, 11) is 1.59. The van der Waals surface area contributed by atoms with Gasteiger partial charge in [0.2, 0.25) is 0 Å². The Morgan fingerprint density at radius 3 is 2.50 bits per heavy atom. The molecule has 0 radical (unpaired) electrons. The van der Waals surface area contributed by atoms with Crippen molar-refractivity contribution >= 4 is 44.2 Å². The van der Waals surface area contributed by atoms with Gasteiger partial charge in [0.25, 0.3) is 5.91 Å². The predicted molar refractivity (Wildman–Crippen MR) is 131 cm³/mol. The number of pyridine rings is 1. The van der Waals surface area contributed by atoms with E-state index in [4.69, 9.17) is 21.3 Å². The molecule has 0 bridgehead atoms. The lowest BCUT2D eigenvalue weighted by Gasteiger charge is -2.22. The summed E-state index contributed by atoms with van der Waals surface area (Å²) in [4.78, 5) is 24.2. The van der Waals surface area contributed by atoms with Crippen LogP contribution in [0, 0.1) is 0 Å². The van der Waals surface area contributed by atoms with E-state index in [0.29, 0.717) is 33.5 Å². The van der Waals surface area contributed by atoms with Crippen LogP contribution in [0.1, 0.15) is 42.3 Å². The molecule has 0 atom stereocenters. The van der Waals surface area contributed by atoms with E-state index in [1.807, 2.05) is 36.4 Å². The topological polar surface area (TPSA) is 55.3 Å². The van der Waals surface area contributed by atoms with E-state index >= 15 is 0 Å². The maximum absolute atomic E-state index is 13.6. The fourth-order valence-corrected chi connectivity index (χ4v) is 4.64. The number of benzene rings is 2. The molecule has 0 N–H and O–H groups in total. The number of halogens is 1. The van der Waals surface area contributed by atoms with Gasteiger partial charge in [-0.25, -0.2) is 4.98 Å². The second-order valence-corrected chi connectivity index (χ2v) is 9.89. The molecule has 5 nitrogen and oxygen atoms in total. The Kier molecular flexibility index (Phi) is 6.17. The average molecular weight is 466 g/mol. The maximum Gasteiger partial charge on any atom is 0.260 e. The number of carbonyl (C=O) groups is 1. The minimum absolute atomic E-state index is 0.0112. The fourth-order valence-electron chi connectivity index (χ4n) is 3.39. The molecule has 7 heteroatoms. The first kappa shape index (κ1) is 22.2. The van der Waals surface area contributed by atoms with Gasteiger partial charge in [-0.2, -0.15) is 0 Å². The molecular formula is C25H24ClN3O2S. The van der Waals surface area contributed by atoms with Crippen molar-refractivity contribution in [3.63, 3.8) is 0 Å². The molecule has 0 aliphatic carbocycles. The van der Waals surface area contributed by atoms with Crippen molar-refractivity contribution in [3.8, 4) is 5.75 Å². The highest BCUT2D eigenvalue weighted by atomic mass is 35.5. The summed E-state index contributed by atoms with van der Waals surface area (Å²) < 4.78 is 6.24. The summed E-state index contributed by atoms with van der Waals surface area (Å²) in [5.74, 6) is 0.485. The van der Waals surface area contributed by atoms with Crippen molar-refractivity contribution in [1.29, 1.82) is 0 Å². The lowest BCUT2D eigenvalue weighted by atomic mass is 9.86. The third-order valence-electron chi connectivity index (χ3n) is 5.20. The van der Waals surface area contributed by atoms with Crippen LogP contribution >= 0.6 is 22.9 Å². The van der Waals surface area contributed by atoms with Gasteiger partial charge in [-0.15, -0.1) is 0 Å². The minimum atomic E-state index is -0.136. The Bertz CT molecular complexity index is 1250. The van der Waals surface area contributed by atoms with Crippen molar-refractivity contribution < 1.29 is 9.53 Å². The van der Waals surface area contributed by atoms with Gasteiger partial charge in [0.15, 0.2) is 5.13 Å². The molecule has 1 amide bonds. The first-order chi connectivity index (χ1) is 15.3. The van der Waals surface area contributed by atoms with E-state index in [2.05, 4.69) is 25.8 Å². The van der Waals surface area contributed by atoms with Crippen molar-refractivity contribution in [2.24, 2.45) is 0 Å². The molecule has 2 aromatic carbocycles. The third-order valence-corrected chi connectivity index (χ3v) is 6.74. The lowest BCUT2D eigenvalue weighted by Crippen LogP contribution is -2.30. The molecule has 4 rings (SSSR count). The Morgan fingerprint density at radius 2 is 1.88 bits per heavy atom. The number of amides is 1. The van der Waals surface area contributed by atoms with Crippen LogP contribution < -0.4 is 9.64 Å². The molecule has 4 aromatic rings. The second kappa shape index (κ2) is 8.88. The van der Waals surface area contributed by atoms with Gasteiger partial charge >= 0.3 is 0 Å². The van der Waals surface area contributed by atoms with Crippen LogP contribution in [0.15, 0.2) is 60.9 Å². The first-order valence-electron chi connectivity index (χ1n) is 10.2. The Hall–Kier alpha value is -2.96. The molecule has 164 valence electrons. The molecule has 0 fully saturated rings. The van der Waals surface area contributed by atoms with Crippen LogP contribution in [0.2, 0.25) is 5.02 Å². The largest absolute Gasteiger partial charge is 0.494 e. The number of methoxy groups -OCH3 is 1. The van der Waals surface area contributed by atoms with Gasteiger partial charge in [-0.05, 0) is 46.9 Å². The molecule has 2 heterocycles. The molecule has 0 unspecified atom stereocenters. The van der Waals surface area contributed by atoms with Crippen molar-refractivity contribution in [1.82, 2.24) is 9.97 Å². The quantitative estimate of drug-likeness (QED) is 0.337. The zero-order chi connectivity index (χ0) is 22.9. The molecule has 0 aliphatic heterocycles. The lowest BCUT2D eigenvalue weighted by molar-refractivity contribution is 0.0985. The van der Waals surface area contributed by atoms with Gasteiger partial charge in [-0.3, -0.25) is 14.7 Å². The summed E-state index contributed by atoms with van der Waals surface area (Å²) in [5, 5.41) is 1.13. The number of nitrogens with zero attached hydrogens (tertiary/aromatic N) is 3. The highest BCUT2D eigenvalue weighted by Crippen LogP contribution is 2.39. The Morgan fingerprint density at radius 1 is 1.12 bits per heavy atom. The Labute approximate surface area is 196 Å². The smallest absolute Gasteiger partial charge is 0.260 e. The number of anilines is 1. The van der Waals surface area contributed by atoms with E-state index < -0.39 is 0 Å². The molecular weight excluding hydrogens is 442 g/mol. The van der Waals surface area contributed by atoms with Gasteiger partial charge < -0.3 is 4.74 Å². The molecule has 0 saturated heterocycles. The average Bonchev–Trinajstić information content (AvgIpc) is 3.24. The van der Waals surface area contributed by atoms with E-state index in [1.165, 1.54) is 16.9 Å². The number of carbonyl (C=O) groups excluding carboxylic acids is 1. The summed E-state index contributed by atoms with van der Waals surface area (Å²) in [5.41, 5.74) is 3.33. The van der Waals surface area contributed by atoms with Crippen molar-refractivity contribution in [2.75, 3.05) is 12.0 Å². The van der Waals surface area contributed by atoms with Gasteiger partial charge in [-0.1, -0.05) is 61.9 Å². The fraction of sp³-hybridized carbons (Fsp3) is 0.240. The van der Waals surface area contributed by atoms with Gasteiger partial charge in [0, 0.05) is 18.0 Å². The Balaban J connectivity index is 1.78. The van der Waals surface area contributed by atoms with Crippen LogP contribution in [0.3, 0.4) is 0 Å². The van der Waals surface area contributed by atoms with Crippen LogP contribution in [-0.2, 0) is 12.0 Å². The minimum Gasteiger partial charge on any atom is -0.494 e. The molecule has 0 aliphatic rings. The van der Waals surface area contributed by atoms with E-state index in [-0.39, 0.29) is 11.3 Å². The summed E-state index contributed by atoms with van der Waals surface area (Å²) >= 11 is 7.80. The van der Waals surface area contributed by atoms with Crippen LogP contribution in [0.25, 0.3) is 10.2 Å². The molecule has 0 spiro atoms. The molecule has 32 heavy (non-hydrogen) atoms. The standard InChI is InChI=1S/C25H24ClN3O2S/c1-25(2,3)18-9-7-17(8-10-18)23(30)29(15-16-6-5-13-27-14-16)24-28-21-20(31-4)12-11-19(26)22(21)32-24/h5-14H,15H2,1-4H3. The number of hydrogen-bond donors (Lipinski definition) is 0.